The first-order valence-corrected chi connectivity index (χ1v) is 12.5. The largest absolute Gasteiger partial charge is 0.380 e. The fourth-order valence-electron chi connectivity index (χ4n) is 4.18. The van der Waals surface area contributed by atoms with Crippen LogP contribution in [-0.4, -0.2) is 16.8 Å². The van der Waals surface area contributed by atoms with Gasteiger partial charge in [-0.25, -0.2) is 8.42 Å². The molecule has 0 saturated heterocycles. The highest BCUT2D eigenvalue weighted by atomic mass is 32.2. The summed E-state index contributed by atoms with van der Waals surface area (Å²) in [5.41, 5.74) is 1.65. The summed E-state index contributed by atoms with van der Waals surface area (Å²) in [5.74, 6) is 0.164. The van der Waals surface area contributed by atoms with Crippen LogP contribution in [0.3, 0.4) is 0 Å². The second-order valence-electron chi connectivity index (χ2n) is 7.37. The van der Waals surface area contributed by atoms with Crippen LogP contribution in [0.25, 0.3) is 5.57 Å². The Hall–Kier alpha value is -1.38. The summed E-state index contributed by atoms with van der Waals surface area (Å²) in [4.78, 5) is 0.660. The molecule has 3 rings (SSSR count). The molecule has 1 aromatic carbocycles. The van der Waals surface area contributed by atoms with Crippen LogP contribution in [0.2, 0.25) is 0 Å². The third-order valence-corrected chi connectivity index (χ3v) is 7.81. The van der Waals surface area contributed by atoms with Gasteiger partial charge >= 0.3 is 10.3 Å². The van der Waals surface area contributed by atoms with Crippen molar-refractivity contribution in [3.05, 3.63) is 28.7 Å². The van der Waals surface area contributed by atoms with Crippen LogP contribution in [-0.2, 0) is 20.1 Å². The number of unbranched alkanes of at least 4 members (excludes halogenated alkanes) is 1. The van der Waals surface area contributed by atoms with E-state index in [9.17, 15) is 16.8 Å². The number of benzene rings is 1. The molecule has 2 aliphatic rings. The maximum Gasteiger partial charge on any atom is 0.380 e. The van der Waals surface area contributed by atoms with E-state index in [1.807, 2.05) is 6.92 Å². The van der Waals surface area contributed by atoms with E-state index in [4.69, 9.17) is 9.32 Å². The summed E-state index contributed by atoms with van der Waals surface area (Å²) in [6, 6.07) is 4.45. The molecular weight excluding hydrogens is 386 g/mol. The van der Waals surface area contributed by atoms with E-state index >= 15 is 0 Å². The minimum absolute atomic E-state index is 0.0724. The molecule has 1 fully saturated rings. The standard InChI is InChI=1S/C19H27NO5S2/c1-2-3-10-17-19(14-8-6-4-5-7-9-14)16-12-11-15(25-27(20,23)24)13-18(16)26(17,21)22/h11-14H,2-10H2,1H3,(H2,20,23,24). The number of allylic oxidation sites excluding steroid dienone is 2. The van der Waals surface area contributed by atoms with Crippen molar-refractivity contribution in [2.75, 3.05) is 0 Å². The lowest BCUT2D eigenvalue weighted by atomic mass is 9.86. The molecule has 6 nitrogen and oxygen atoms in total. The highest BCUT2D eigenvalue weighted by Crippen LogP contribution is 2.48. The minimum Gasteiger partial charge on any atom is -0.371 e. The lowest BCUT2D eigenvalue weighted by Gasteiger charge is -2.18. The summed E-state index contributed by atoms with van der Waals surface area (Å²) >= 11 is 0. The normalized spacial score (nSPS) is 20.4. The number of sulfone groups is 1. The molecule has 1 aliphatic carbocycles. The summed E-state index contributed by atoms with van der Waals surface area (Å²) < 4.78 is 53.6. The van der Waals surface area contributed by atoms with Crippen molar-refractivity contribution in [3.8, 4) is 5.75 Å². The summed E-state index contributed by atoms with van der Waals surface area (Å²) in [6.07, 6.45) is 8.82. The highest BCUT2D eigenvalue weighted by molar-refractivity contribution is 7.96. The van der Waals surface area contributed by atoms with Crippen molar-refractivity contribution in [1.29, 1.82) is 0 Å². The fourth-order valence-corrected chi connectivity index (χ4v) is 6.54. The Labute approximate surface area is 162 Å². The molecule has 0 radical (unpaired) electrons. The van der Waals surface area contributed by atoms with Crippen molar-refractivity contribution >= 4 is 25.7 Å². The van der Waals surface area contributed by atoms with Gasteiger partial charge in [0.25, 0.3) is 0 Å². The summed E-state index contributed by atoms with van der Waals surface area (Å²) in [6.45, 7) is 2.04. The molecule has 27 heavy (non-hydrogen) atoms. The molecule has 1 aromatic rings. The maximum atomic E-state index is 13.3. The van der Waals surface area contributed by atoms with E-state index < -0.39 is 20.1 Å². The lowest BCUT2D eigenvalue weighted by molar-refractivity contribution is 0.486. The molecule has 1 aliphatic heterocycles. The number of fused-ring (bicyclic) bond motifs is 1. The predicted molar refractivity (Wildman–Crippen MR) is 105 cm³/mol. The van der Waals surface area contributed by atoms with Crippen LogP contribution < -0.4 is 9.32 Å². The Morgan fingerprint density at radius 2 is 1.81 bits per heavy atom. The molecule has 0 bridgehead atoms. The molecule has 1 saturated carbocycles. The first kappa shape index (κ1) is 20.4. The van der Waals surface area contributed by atoms with Crippen LogP contribution in [0.1, 0.15) is 70.3 Å². The fraction of sp³-hybridized carbons (Fsp3) is 0.579. The number of hydrogen-bond acceptors (Lipinski definition) is 5. The smallest absolute Gasteiger partial charge is 0.371 e. The van der Waals surface area contributed by atoms with Crippen LogP contribution in [0, 0.1) is 5.92 Å². The highest BCUT2D eigenvalue weighted by Gasteiger charge is 2.38. The van der Waals surface area contributed by atoms with E-state index in [2.05, 4.69) is 0 Å². The first-order chi connectivity index (χ1) is 12.7. The Balaban J connectivity index is 2.10. The van der Waals surface area contributed by atoms with Crippen LogP contribution >= 0.6 is 0 Å². The van der Waals surface area contributed by atoms with E-state index in [1.165, 1.54) is 25.0 Å². The van der Waals surface area contributed by atoms with E-state index in [-0.39, 0.29) is 16.6 Å². The Morgan fingerprint density at radius 3 is 2.41 bits per heavy atom. The van der Waals surface area contributed by atoms with E-state index in [1.54, 1.807) is 6.07 Å². The Kier molecular flexibility index (Phi) is 5.98. The topological polar surface area (TPSA) is 104 Å². The number of rotatable bonds is 6. The van der Waals surface area contributed by atoms with Crippen molar-refractivity contribution < 1.29 is 21.0 Å². The van der Waals surface area contributed by atoms with Gasteiger partial charge in [-0.3, -0.25) is 0 Å². The average Bonchev–Trinajstić information content (AvgIpc) is 2.77. The second kappa shape index (κ2) is 7.93. The summed E-state index contributed by atoms with van der Waals surface area (Å²) in [7, 11) is -7.85. The minimum atomic E-state index is -4.21. The molecule has 0 amide bonds. The van der Waals surface area contributed by atoms with Crippen LogP contribution in [0.15, 0.2) is 28.0 Å². The van der Waals surface area contributed by atoms with E-state index in [0.717, 1.165) is 44.1 Å². The van der Waals surface area contributed by atoms with Gasteiger partial charge in [0.1, 0.15) is 5.75 Å². The number of nitrogens with two attached hydrogens (primary N) is 1. The van der Waals surface area contributed by atoms with Crippen LogP contribution in [0.5, 0.6) is 5.75 Å². The molecule has 0 aromatic heterocycles. The van der Waals surface area contributed by atoms with Gasteiger partial charge in [0.15, 0.2) is 0 Å². The van der Waals surface area contributed by atoms with Gasteiger partial charge in [0.2, 0.25) is 9.84 Å². The van der Waals surface area contributed by atoms with Crippen molar-refractivity contribution in [2.45, 2.75) is 69.6 Å². The molecular formula is C19H27NO5S2. The van der Waals surface area contributed by atoms with Gasteiger partial charge in [-0.2, -0.15) is 13.6 Å². The second-order valence-corrected chi connectivity index (χ2v) is 10.5. The average molecular weight is 414 g/mol. The van der Waals surface area contributed by atoms with E-state index in [0.29, 0.717) is 16.9 Å². The van der Waals surface area contributed by atoms with Crippen molar-refractivity contribution in [1.82, 2.24) is 0 Å². The SMILES string of the molecule is CCCCC1=C(C2CCCCCC2)c2ccc(OS(N)(=O)=O)cc2S1(=O)=O. The van der Waals surface area contributed by atoms with Gasteiger partial charge in [-0.15, -0.1) is 0 Å². The van der Waals surface area contributed by atoms with Crippen molar-refractivity contribution in [3.63, 3.8) is 0 Å². The molecule has 0 atom stereocenters. The summed E-state index contributed by atoms with van der Waals surface area (Å²) in [5, 5.41) is 4.93. The zero-order chi connectivity index (χ0) is 19.7. The van der Waals surface area contributed by atoms with Gasteiger partial charge in [0.05, 0.1) is 9.80 Å². The van der Waals surface area contributed by atoms with Gasteiger partial charge in [-0.05, 0) is 54.9 Å². The Bertz CT molecular complexity index is 940. The molecule has 0 spiro atoms. The number of hydrogen-bond donors (Lipinski definition) is 1. The first-order valence-electron chi connectivity index (χ1n) is 9.59. The molecule has 1 heterocycles. The monoisotopic (exact) mass is 413 g/mol. The van der Waals surface area contributed by atoms with Crippen molar-refractivity contribution in [2.24, 2.45) is 11.1 Å². The van der Waals surface area contributed by atoms with Crippen LogP contribution in [0.4, 0.5) is 0 Å². The van der Waals surface area contributed by atoms with Gasteiger partial charge < -0.3 is 4.18 Å². The molecule has 150 valence electrons. The van der Waals surface area contributed by atoms with Gasteiger partial charge in [-0.1, -0.05) is 39.0 Å². The zero-order valence-electron chi connectivity index (χ0n) is 15.6. The third-order valence-electron chi connectivity index (χ3n) is 5.39. The zero-order valence-corrected chi connectivity index (χ0v) is 17.2. The lowest BCUT2D eigenvalue weighted by Crippen LogP contribution is -2.19. The molecule has 0 unspecified atom stereocenters. The quantitative estimate of drug-likeness (QED) is 0.712. The third kappa shape index (κ3) is 4.38. The molecule has 8 heteroatoms. The Morgan fingerprint density at radius 1 is 1.15 bits per heavy atom. The molecule has 2 N–H and O–H groups in total. The predicted octanol–water partition coefficient (Wildman–Crippen LogP) is 3.93. The maximum absolute atomic E-state index is 13.3. The van der Waals surface area contributed by atoms with Gasteiger partial charge in [0, 0.05) is 6.07 Å².